The van der Waals surface area contributed by atoms with Gasteiger partial charge in [0.25, 0.3) is 8.32 Å². The molecule has 1 fully saturated rings. The summed E-state index contributed by atoms with van der Waals surface area (Å²) in [5.41, 5.74) is 0.638. The van der Waals surface area contributed by atoms with Crippen molar-refractivity contribution >= 4 is 90.6 Å². The van der Waals surface area contributed by atoms with E-state index in [0.717, 1.165) is 22.1 Å². The van der Waals surface area contributed by atoms with Crippen molar-refractivity contribution in [2.45, 2.75) is 100 Å². The van der Waals surface area contributed by atoms with Crippen LogP contribution in [0.2, 0.25) is 23.2 Å². The molecule has 0 saturated carbocycles. The first-order valence-electron chi connectivity index (χ1n) is 16.4. The van der Waals surface area contributed by atoms with Crippen LogP contribution in [-0.4, -0.2) is 73.4 Å². The molecule has 1 aliphatic heterocycles. The van der Waals surface area contributed by atoms with Gasteiger partial charge in [0.15, 0.2) is 8.32 Å². The van der Waals surface area contributed by atoms with E-state index in [9.17, 15) is 14.4 Å². The first-order chi connectivity index (χ1) is 22.5. The van der Waals surface area contributed by atoms with E-state index < -0.39 is 44.4 Å². The number of hydrogen-bond acceptors (Lipinski definition) is 7. The Balaban J connectivity index is 1.96. The number of allylic oxidation sites excluding steroid dienone is 1. The van der Waals surface area contributed by atoms with Crippen molar-refractivity contribution in [1.29, 1.82) is 0 Å². The quantitative estimate of drug-likeness (QED) is 0.0669. The van der Waals surface area contributed by atoms with E-state index in [1.807, 2.05) is 36.4 Å². The highest BCUT2D eigenvalue weighted by Gasteiger charge is 2.53. The molecular formula is C36H50Cl3NO6SSi2. The van der Waals surface area contributed by atoms with Gasteiger partial charge < -0.3 is 18.5 Å². The third-order valence-corrected chi connectivity index (χ3v) is 20.1. The Morgan fingerprint density at radius 1 is 0.898 bits per heavy atom. The van der Waals surface area contributed by atoms with E-state index in [0.29, 0.717) is 18.6 Å². The van der Waals surface area contributed by atoms with Gasteiger partial charge in [0, 0.05) is 19.6 Å². The van der Waals surface area contributed by atoms with Crippen LogP contribution in [0, 0.1) is 0 Å². The maximum atomic E-state index is 14.4. The molecular weight excluding hydrogens is 737 g/mol. The number of β-lactam (4-membered cyclic amide) rings is 1. The second-order valence-corrected chi connectivity index (χ2v) is 27.9. The minimum Gasteiger partial charge on any atom is -0.456 e. The second kappa shape index (κ2) is 16.4. The lowest BCUT2D eigenvalue weighted by Gasteiger charge is -2.45. The fourth-order valence-electron chi connectivity index (χ4n) is 5.47. The molecule has 2 aromatic carbocycles. The van der Waals surface area contributed by atoms with Crippen molar-refractivity contribution in [1.82, 2.24) is 4.90 Å². The average Bonchev–Trinajstić information content (AvgIpc) is 2.99. The summed E-state index contributed by atoms with van der Waals surface area (Å²) in [4.78, 5) is 42.1. The zero-order chi connectivity index (χ0) is 37.0. The first kappa shape index (κ1) is 41.8. The van der Waals surface area contributed by atoms with Crippen molar-refractivity contribution in [3.8, 4) is 0 Å². The van der Waals surface area contributed by atoms with Gasteiger partial charge in [-0.05, 0) is 53.0 Å². The predicted octanol–water partition coefficient (Wildman–Crippen LogP) is 8.02. The molecule has 1 amide bonds. The van der Waals surface area contributed by atoms with Crippen LogP contribution in [0.5, 0.6) is 0 Å². The van der Waals surface area contributed by atoms with Crippen molar-refractivity contribution in [3.05, 3.63) is 71.9 Å². The summed E-state index contributed by atoms with van der Waals surface area (Å²) < 4.78 is 17.2. The molecule has 1 aliphatic rings. The molecule has 7 nitrogen and oxygen atoms in total. The van der Waals surface area contributed by atoms with E-state index in [1.54, 1.807) is 13.8 Å². The number of carbonyl (C=O) groups excluding carboxylic acids is 3. The third-order valence-electron chi connectivity index (χ3n) is 9.10. The summed E-state index contributed by atoms with van der Waals surface area (Å²) in [7, 11) is -5.26. The highest BCUT2D eigenvalue weighted by atomic mass is 35.6. The summed E-state index contributed by atoms with van der Waals surface area (Å²) in [6.45, 7) is 20.8. The molecule has 1 heterocycles. The largest absolute Gasteiger partial charge is 0.456 e. The maximum Gasteiger partial charge on any atom is 0.355 e. The van der Waals surface area contributed by atoms with Gasteiger partial charge in [0.1, 0.15) is 23.7 Å². The van der Waals surface area contributed by atoms with Gasteiger partial charge in [0.05, 0.1) is 0 Å². The van der Waals surface area contributed by atoms with Gasteiger partial charge >= 0.3 is 5.97 Å². The third kappa shape index (κ3) is 10.2. The molecule has 2 aromatic rings. The fraction of sp³-hybridized carbons (Fsp3) is 0.528. The number of rotatable bonds is 13. The zero-order valence-electron chi connectivity index (χ0n) is 30.2. The van der Waals surface area contributed by atoms with Crippen LogP contribution in [0.1, 0.15) is 61.8 Å². The number of benzene rings is 2. The number of ether oxygens (including phenoxy) is 1. The Morgan fingerprint density at radius 3 is 1.82 bits per heavy atom. The number of carbonyl (C=O) groups is 3. The minimum absolute atomic E-state index is 0.00943. The SMILES string of the molecule is CC(C)=C(C(=O)OCC(Cl)(Cl)Cl)N1C[C@H](SC(=O)C(CCO[Si](C)(C)C(C)(C)C)O[Si](c2ccccc2)(c2ccccc2)C(C)(C)C)C1=O. The molecule has 3 rings (SSSR count). The highest BCUT2D eigenvalue weighted by Crippen LogP contribution is 2.40. The van der Waals surface area contributed by atoms with Crippen LogP contribution in [0.15, 0.2) is 71.9 Å². The van der Waals surface area contributed by atoms with Gasteiger partial charge in [-0.25, -0.2) is 4.79 Å². The Morgan fingerprint density at radius 2 is 1.41 bits per heavy atom. The molecule has 0 spiro atoms. The standard InChI is InChI=1S/C36H50Cl3NO6SSi2/c1-25(2)30(32(42)44-24-36(37,38)39)40-23-29(31(40)41)47-33(43)28(21-22-45-48(9,10)34(3,4)5)46-49(35(6,7)8,26-17-13-11-14-18-26)27-19-15-12-16-20-27/h11-20,28-29H,21-24H2,1-10H3/t28?,29-/m0/s1. The number of likely N-dealkylation sites (tertiary alicyclic amines) is 1. The maximum absolute atomic E-state index is 14.4. The number of nitrogens with zero attached hydrogens (tertiary/aromatic N) is 1. The monoisotopic (exact) mass is 785 g/mol. The summed E-state index contributed by atoms with van der Waals surface area (Å²) >= 11 is 18.2. The van der Waals surface area contributed by atoms with Gasteiger partial charge in [0.2, 0.25) is 14.8 Å². The van der Waals surface area contributed by atoms with E-state index in [1.165, 1.54) is 4.90 Å². The number of esters is 1. The van der Waals surface area contributed by atoms with Crippen molar-refractivity contribution in [2.75, 3.05) is 19.8 Å². The normalized spacial score (nSPS) is 16.6. The van der Waals surface area contributed by atoms with Gasteiger partial charge in [-0.1, -0.05) is 149 Å². The molecule has 0 radical (unpaired) electrons. The van der Waals surface area contributed by atoms with Crippen LogP contribution in [0.4, 0.5) is 0 Å². The molecule has 270 valence electrons. The first-order valence-corrected chi connectivity index (χ1v) is 23.2. The molecule has 49 heavy (non-hydrogen) atoms. The summed E-state index contributed by atoms with van der Waals surface area (Å²) in [5, 5.41) is 0.776. The second-order valence-electron chi connectivity index (χ2n) is 15.1. The topological polar surface area (TPSA) is 82.1 Å². The molecule has 2 atom stereocenters. The van der Waals surface area contributed by atoms with E-state index >= 15 is 0 Å². The molecule has 1 unspecified atom stereocenters. The lowest BCUT2D eigenvalue weighted by molar-refractivity contribution is -0.147. The highest BCUT2D eigenvalue weighted by molar-refractivity contribution is 8.15. The number of thioether (sulfide) groups is 1. The van der Waals surface area contributed by atoms with E-state index in [4.69, 9.17) is 48.4 Å². The van der Waals surface area contributed by atoms with Crippen molar-refractivity contribution < 1.29 is 28.0 Å². The Hall–Kier alpha value is -1.64. The number of amides is 1. The Bertz CT molecular complexity index is 1460. The minimum atomic E-state index is -3.13. The zero-order valence-corrected chi connectivity index (χ0v) is 35.3. The molecule has 0 aromatic heterocycles. The Labute approximate surface area is 313 Å². The smallest absolute Gasteiger partial charge is 0.355 e. The summed E-state index contributed by atoms with van der Waals surface area (Å²) in [6, 6.07) is 20.3. The van der Waals surface area contributed by atoms with Crippen LogP contribution in [0.25, 0.3) is 0 Å². The number of alkyl halides is 3. The van der Waals surface area contributed by atoms with Gasteiger partial charge in [-0.2, -0.15) is 0 Å². The average molecular weight is 787 g/mol. The van der Waals surface area contributed by atoms with Crippen molar-refractivity contribution in [3.63, 3.8) is 0 Å². The van der Waals surface area contributed by atoms with Crippen LogP contribution < -0.4 is 10.4 Å². The predicted molar refractivity (Wildman–Crippen MR) is 208 cm³/mol. The fourth-order valence-corrected chi connectivity index (χ4v) is 12.5. The molecule has 1 saturated heterocycles. The Kier molecular flexibility index (Phi) is 14.0. The number of hydrogen-bond donors (Lipinski definition) is 0. The van der Waals surface area contributed by atoms with E-state index in [2.05, 4.69) is 78.9 Å². The lowest BCUT2D eigenvalue weighted by Crippen LogP contribution is -2.68. The molecule has 0 bridgehead atoms. The summed E-state index contributed by atoms with van der Waals surface area (Å²) in [5.74, 6) is -1.15. The van der Waals surface area contributed by atoms with Crippen LogP contribution >= 0.6 is 46.6 Å². The molecule has 0 N–H and O–H groups in total. The van der Waals surface area contributed by atoms with Crippen LogP contribution in [-0.2, 0) is 28.0 Å². The lowest BCUT2D eigenvalue weighted by atomic mass is 10.1. The van der Waals surface area contributed by atoms with Gasteiger partial charge in [-0.15, -0.1) is 0 Å². The molecule has 0 aliphatic carbocycles. The summed E-state index contributed by atoms with van der Waals surface area (Å²) in [6.07, 6.45) is -0.532. The van der Waals surface area contributed by atoms with Crippen LogP contribution in [0.3, 0.4) is 0 Å². The van der Waals surface area contributed by atoms with Crippen molar-refractivity contribution in [2.24, 2.45) is 0 Å². The number of halogens is 3. The van der Waals surface area contributed by atoms with Gasteiger partial charge in [-0.3, -0.25) is 9.59 Å². The van der Waals surface area contributed by atoms with E-state index in [-0.39, 0.29) is 33.3 Å². The molecule has 13 heteroatoms.